The summed E-state index contributed by atoms with van der Waals surface area (Å²) in [6.07, 6.45) is 0. The summed E-state index contributed by atoms with van der Waals surface area (Å²) >= 11 is 2.31. The zero-order chi connectivity index (χ0) is 24.6. The Labute approximate surface area is 209 Å². The lowest BCUT2D eigenvalue weighted by Crippen LogP contribution is -2.30. The average molecular weight is 505 g/mol. The number of carboxylic acids is 1. The molecule has 10 heteroatoms. The topological polar surface area (TPSA) is 121 Å². The molecule has 4 rings (SSSR count). The molecule has 0 saturated heterocycles. The first-order valence-corrected chi connectivity index (χ1v) is 12.3. The van der Waals surface area contributed by atoms with Gasteiger partial charge in [0.2, 0.25) is 11.0 Å². The largest absolute Gasteiger partial charge is 0.478 e. The number of anilines is 1. The minimum atomic E-state index is -1.19. The van der Waals surface area contributed by atoms with E-state index in [-0.39, 0.29) is 34.0 Å². The maximum absolute atomic E-state index is 12.7. The Bertz CT molecular complexity index is 1290. The van der Waals surface area contributed by atoms with Crippen LogP contribution in [-0.2, 0) is 4.79 Å². The highest BCUT2D eigenvalue weighted by Crippen LogP contribution is 2.27. The van der Waals surface area contributed by atoms with Crippen LogP contribution < -0.4 is 10.6 Å². The third kappa shape index (κ3) is 6.31. The van der Waals surface area contributed by atoms with Crippen LogP contribution in [0.1, 0.15) is 37.9 Å². The number of aromatic nitrogens is 2. The van der Waals surface area contributed by atoms with Crippen LogP contribution >= 0.6 is 23.1 Å². The van der Waals surface area contributed by atoms with Crippen molar-refractivity contribution in [1.82, 2.24) is 15.5 Å². The molecule has 0 aliphatic rings. The van der Waals surface area contributed by atoms with Gasteiger partial charge >= 0.3 is 5.97 Å². The van der Waals surface area contributed by atoms with E-state index in [4.69, 9.17) is 0 Å². The molecule has 35 heavy (non-hydrogen) atoms. The van der Waals surface area contributed by atoms with Crippen molar-refractivity contribution in [3.8, 4) is 0 Å². The van der Waals surface area contributed by atoms with Gasteiger partial charge in [0.05, 0.1) is 22.9 Å². The number of carbonyl (C=O) groups excluding carboxylic acids is 2. The van der Waals surface area contributed by atoms with Crippen LogP contribution in [0.5, 0.6) is 0 Å². The minimum absolute atomic E-state index is 0.0247. The SMILES string of the molecule is O=C(CSc1nnc(NC(=O)c2ccccc2C(=O)O)s1)NC(c1ccccc1)c1ccccc1. The molecule has 0 fully saturated rings. The fraction of sp³-hybridized carbons (Fsp3) is 0.0800. The zero-order valence-corrected chi connectivity index (χ0v) is 19.9. The van der Waals surface area contributed by atoms with Gasteiger partial charge in [-0.15, -0.1) is 10.2 Å². The summed E-state index contributed by atoms with van der Waals surface area (Å²) in [4.78, 5) is 36.6. The van der Waals surface area contributed by atoms with Crippen LogP contribution in [0.25, 0.3) is 0 Å². The van der Waals surface area contributed by atoms with Gasteiger partial charge in [-0.3, -0.25) is 14.9 Å². The van der Waals surface area contributed by atoms with Gasteiger partial charge in [0.25, 0.3) is 5.91 Å². The van der Waals surface area contributed by atoms with E-state index < -0.39 is 11.9 Å². The van der Waals surface area contributed by atoms with Gasteiger partial charge in [0.15, 0.2) is 4.34 Å². The first kappa shape index (κ1) is 24.1. The van der Waals surface area contributed by atoms with E-state index in [1.54, 1.807) is 12.1 Å². The first-order chi connectivity index (χ1) is 17.0. The maximum Gasteiger partial charge on any atom is 0.336 e. The number of thioether (sulfide) groups is 1. The lowest BCUT2D eigenvalue weighted by molar-refractivity contribution is -0.119. The number of rotatable bonds is 9. The Hall–Kier alpha value is -4.02. The molecule has 0 aliphatic heterocycles. The number of nitrogens with zero attached hydrogens (tertiary/aromatic N) is 2. The second-order valence-electron chi connectivity index (χ2n) is 7.29. The van der Waals surface area contributed by atoms with E-state index in [1.165, 1.54) is 23.9 Å². The standard InChI is InChI=1S/C25H20N4O4S2/c30-20(26-21(16-9-3-1-4-10-16)17-11-5-2-6-12-17)15-34-25-29-28-24(35-25)27-22(31)18-13-7-8-14-19(18)23(32)33/h1-14,21H,15H2,(H,26,30)(H,32,33)(H,27,28,31). The lowest BCUT2D eigenvalue weighted by atomic mass is 9.99. The molecule has 8 nitrogen and oxygen atoms in total. The number of hydrogen-bond donors (Lipinski definition) is 3. The highest BCUT2D eigenvalue weighted by molar-refractivity contribution is 8.01. The lowest BCUT2D eigenvalue weighted by Gasteiger charge is -2.19. The van der Waals surface area contributed by atoms with Crippen LogP contribution in [0, 0.1) is 0 Å². The summed E-state index contributed by atoms with van der Waals surface area (Å²) in [6.45, 7) is 0. The third-order valence-corrected chi connectivity index (χ3v) is 6.90. The Morgan fingerprint density at radius 3 is 2.00 bits per heavy atom. The van der Waals surface area contributed by atoms with E-state index in [2.05, 4.69) is 20.8 Å². The number of benzene rings is 3. The van der Waals surface area contributed by atoms with Gasteiger partial charge in [-0.2, -0.15) is 0 Å². The normalized spacial score (nSPS) is 10.7. The van der Waals surface area contributed by atoms with Crippen molar-refractivity contribution in [3.05, 3.63) is 107 Å². The quantitative estimate of drug-likeness (QED) is 0.227. The summed E-state index contributed by atoms with van der Waals surface area (Å²) in [5.41, 5.74) is 1.86. The molecular weight excluding hydrogens is 484 g/mol. The maximum atomic E-state index is 12.7. The number of aromatic carboxylic acids is 1. The molecule has 2 amide bonds. The molecule has 1 aromatic heterocycles. The number of amides is 2. The van der Waals surface area contributed by atoms with E-state index >= 15 is 0 Å². The minimum Gasteiger partial charge on any atom is -0.478 e. The van der Waals surface area contributed by atoms with Crippen molar-refractivity contribution in [2.45, 2.75) is 10.4 Å². The summed E-state index contributed by atoms with van der Waals surface area (Å²) in [5.74, 6) is -1.86. The van der Waals surface area contributed by atoms with E-state index in [0.717, 1.165) is 22.5 Å². The van der Waals surface area contributed by atoms with Crippen molar-refractivity contribution < 1.29 is 19.5 Å². The van der Waals surface area contributed by atoms with Crippen LogP contribution in [0.2, 0.25) is 0 Å². The number of hydrogen-bond acceptors (Lipinski definition) is 7. The summed E-state index contributed by atoms with van der Waals surface area (Å²) < 4.78 is 0.498. The second-order valence-corrected chi connectivity index (χ2v) is 9.49. The van der Waals surface area contributed by atoms with Crippen LogP contribution in [0.3, 0.4) is 0 Å². The van der Waals surface area contributed by atoms with E-state index in [9.17, 15) is 19.5 Å². The number of carbonyl (C=O) groups is 3. The van der Waals surface area contributed by atoms with Gasteiger partial charge in [0.1, 0.15) is 0 Å². The fourth-order valence-electron chi connectivity index (χ4n) is 3.33. The van der Waals surface area contributed by atoms with Gasteiger partial charge in [-0.05, 0) is 23.3 Å². The molecule has 1 heterocycles. The molecule has 0 aliphatic carbocycles. The molecule has 0 unspecified atom stereocenters. The van der Waals surface area contributed by atoms with Crippen molar-refractivity contribution in [2.24, 2.45) is 0 Å². The first-order valence-electron chi connectivity index (χ1n) is 10.5. The summed E-state index contributed by atoms with van der Waals surface area (Å²) in [5, 5.41) is 23.0. The van der Waals surface area contributed by atoms with Gasteiger partial charge in [-0.1, -0.05) is 95.9 Å². The van der Waals surface area contributed by atoms with Crippen LogP contribution in [-0.4, -0.2) is 38.8 Å². The molecule has 0 radical (unpaired) electrons. The van der Waals surface area contributed by atoms with E-state index in [1.807, 2.05) is 60.7 Å². The van der Waals surface area contributed by atoms with Crippen LogP contribution in [0.4, 0.5) is 5.13 Å². The third-order valence-electron chi connectivity index (χ3n) is 4.93. The Morgan fingerprint density at radius 2 is 1.40 bits per heavy atom. The molecule has 0 atom stereocenters. The predicted molar refractivity (Wildman–Crippen MR) is 135 cm³/mol. The molecule has 0 bridgehead atoms. The van der Waals surface area contributed by atoms with Gasteiger partial charge in [0, 0.05) is 0 Å². The van der Waals surface area contributed by atoms with Crippen molar-refractivity contribution in [1.29, 1.82) is 0 Å². The summed E-state index contributed by atoms with van der Waals surface area (Å²) in [6, 6.07) is 25.1. The number of carboxylic acid groups (broad SMARTS) is 1. The van der Waals surface area contributed by atoms with Crippen molar-refractivity contribution in [3.63, 3.8) is 0 Å². The predicted octanol–water partition coefficient (Wildman–Crippen LogP) is 4.49. The average Bonchev–Trinajstić information content (AvgIpc) is 3.34. The summed E-state index contributed by atoms with van der Waals surface area (Å²) in [7, 11) is 0. The molecule has 4 aromatic rings. The Morgan fingerprint density at radius 1 is 0.829 bits per heavy atom. The fourth-order valence-corrected chi connectivity index (χ4v) is 4.89. The highest BCUT2D eigenvalue weighted by Gasteiger charge is 2.19. The van der Waals surface area contributed by atoms with Gasteiger partial charge in [-0.25, -0.2) is 4.79 Å². The highest BCUT2D eigenvalue weighted by atomic mass is 32.2. The van der Waals surface area contributed by atoms with Crippen molar-refractivity contribution >= 4 is 46.0 Å². The Kier molecular flexibility index (Phi) is 7.86. The second kappa shape index (κ2) is 11.4. The molecule has 3 aromatic carbocycles. The molecule has 0 spiro atoms. The molecule has 3 N–H and O–H groups in total. The Balaban J connectivity index is 1.37. The monoisotopic (exact) mass is 504 g/mol. The molecule has 0 saturated carbocycles. The molecule has 176 valence electrons. The zero-order valence-electron chi connectivity index (χ0n) is 18.3. The van der Waals surface area contributed by atoms with Crippen LogP contribution in [0.15, 0.2) is 89.3 Å². The van der Waals surface area contributed by atoms with Gasteiger partial charge < -0.3 is 10.4 Å². The number of nitrogens with one attached hydrogen (secondary N) is 2. The molecular formula is C25H20N4O4S2. The van der Waals surface area contributed by atoms with E-state index in [0.29, 0.717) is 4.34 Å². The van der Waals surface area contributed by atoms with Crippen molar-refractivity contribution in [2.75, 3.05) is 11.1 Å². The smallest absolute Gasteiger partial charge is 0.336 e.